The van der Waals surface area contributed by atoms with Crippen molar-refractivity contribution in [1.82, 2.24) is 5.16 Å². The first-order valence-electron chi connectivity index (χ1n) is 13.1. The summed E-state index contributed by atoms with van der Waals surface area (Å²) in [6, 6.07) is 0. The zero-order valence-corrected chi connectivity index (χ0v) is 22.2. The van der Waals surface area contributed by atoms with Gasteiger partial charge in [0.25, 0.3) is 0 Å². The summed E-state index contributed by atoms with van der Waals surface area (Å²) in [5.74, 6) is -2.49. The smallest absolute Gasteiger partial charge is 0.344 e. The maximum Gasteiger partial charge on any atom is 0.344 e. The van der Waals surface area contributed by atoms with Crippen LogP contribution in [0, 0.1) is 28.6 Å². The molecule has 4 N–H and O–H groups in total. The Balaban J connectivity index is 1.58. The number of hydrogen-bond donors (Lipinski definition) is 4. The predicted octanol–water partition coefficient (Wildman–Crippen LogP) is 1.91. The average molecular weight is 516 g/mol. The van der Waals surface area contributed by atoms with Crippen molar-refractivity contribution >= 4 is 11.8 Å². The van der Waals surface area contributed by atoms with Gasteiger partial charge in [-0.3, -0.25) is 4.79 Å². The maximum absolute atomic E-state index is 14.3. The van der Waals surface area contributed by atoms with E-state index in [1.807, 2.05) is 27.7 Å². The van der Waals surface area contributed by atoms with Crippen LogP contribution in [0.15, 0.2) is 27.8 Å². The Morgan fingerprint density at radius 2 is 1.86 bits per heavy atom. The quantitative estimate of drug-likeness (QED) is 0.341. The van der Waals surface area contributed by atoms with Crippen molar-refractivity contribution in [3.63, 3.8) is 0 Å². The number of aliphatic hydroxyl groups excluding tert-OH is 2. The Morgan fingerprint density at radius 1 is 1.19 bits per heavy atom. The molecule has 0 unspecified atom stereocenters. The van der Waals surface area contributed by atoms with Crippen LogP contribution in [-0.4, -0.2) is 67.4 Å². The highest BCUT2D eigenvalue weighted by molar-refractivity contribution is 5.96. The number of rotatable bonds is 5. The third-order valence-corrected chi connectivity index (χ3v) is 9.98. The molecule has 0 aliphatic heterocycles. The minimum atomic E-state index is -2.28. The molecule has 0 radical (unpaired) electrons. The number of hydrogen-bond acceptors (Lipinski definition) is 9. The van der Waals surface area contributed by atoms with Crippen LogP contribution in [0.1, 0.15) is 69.8 Å². The summed E-state index contributed by atoms with van der Waals surface area (Å²) in [7, 11) is 0. The second-order valence-electron chi connectivity index (χ2n) is 12.0. The predicted molar refractivity (Wildman–Crippen MR) is 131 cm³/mol. The molecule has 1 spiro atoms. The van der Waals surface area contributed by atoms with Crippen LogP contribution in [0.25, 0.3) is 0 Å². The van der Waals surface area contributed by atoms with Gasteiger partial charge in [-0.25, -0.2) is 4.79 Å². The van der Waals surface area contributed by atoms with E-state index >= 15 is 0 Å². The van der Waals surface area contributed by atoms with Crippen LogP contribution in [0.3, 0.4) is 0 Å². The minimum absolute atomic E-state index is 0.116. The van der Waals surface area contributed by atoms with Crippen molar-refractivity contribution in [2.45, 2.75) is 84.2 Å². The van der Waals surface area contributed by atoms with Crippen molar-refractivity contribution in [1.29, 1.82) is 0 Å². The number of fused-ring (bicyclic) bond motifs is 3. The molecular formula is C28H37NO8. The van der Waals surface area contributed by atoms with Gasteiger partial charge < -0.3 is 29.7 Å². The fourth-order valence-corrected chi connectivity index (χ4v) is 7.81. The zero-order chi connectivity index (χ0) is 27.3. The Morgan fingerprint density at radius 3 is 2.49 bits per heavy atom. The summed E-state index contributed by atoms with van der Waals surface area (Å²) in [6.45, 7) is 10.5. The molecule has 37 heavy (non-hydrogen) atoms. The maximum atomic E-state index is 14.3. The number of Topliss-reactive ketones (excluding diaryl/α,β-unsaturated/α-hetero) is 1. The number of carbonyl (C=O) groups is 2. The van der Waals surface area contributed by atoms with E-state index in [4.69, 9.17) is 9.26 Å². The molecule has 2 bridgehead atoms. The van der Waals surface area contributed by atoms with Crippen LogP contribution in [0.2, 0.25) is 0 Å². The van der Waals surface area contributed by atoms with Gasteiger partial charge in [-0.1, -0.05) is 51.9 Å². The van der Waals surface area contributed by atoms with Crippen LogP contribution in [0.5, 0.6) is 0 Å². The molecular weight excluding hydrogens is 478 g/mol. The summed E-state index contributed by atoms with van der Waals surface area (Å²) in [6.07, 6.45) is 1.07. The summed E-state index contributed by atoms with van der Waals surface area (Å²) < 4.78 is 10.9. The van der Waals surface area contributed by atoms with Gasteiger partial charge in [-0.15, -0.1) is 0 Å². The average Bonchev–Trinajstić information content (AvgIpc) is 3.12. The van der Waals surface area contributed by atoms with Crippen LogP contribution in [-0.2, 0) is 22.4 Å². The minimum Gasteiger partial charge on any atom is -0.457 e. The van der Waals surface area contributed by atoms with Gasteiger partial charge in [-0.05, 0) is 36.8 Å². The molecule has 8 atom stereocenters. The lowest BCUT2D eigenvalue weighted by Crippen LogP contribution is -2.65. The Bertz CT molecular complexity index is 1210. The third kappa shape index (κ3) is 3.02. The van der Waals surface area contributed by atoms with Gasteiger partial charge >= 0.3 is 5.97 Å². The molecule has 2 fully saturated rings. The summed E-state index contributed by atoms with van der Waals surface area (Å²) >= 11 is 0. The number of nitrogens with zero attached hydrogens (tertiary/aromatic N) is 1. The molecule has 9 heteroatoms. The van der Waals surface area contributed by atoms with Crippen LogP contribution < -0.4 is 0 Å². The molecule has 0 saturated heterocycles. The molecule has 1 aromatic rings. The topological polar surface area (TPSA) is 150 Å². The molecule has 1 aromatic heterocycles. The first kappa shape index (κ1) is 26.3. The SMILES string of the molecule is CCc1noc(CC)c1C(=O)OCC1=C[C@@H]2C(=O)[C@]3(C=C(C)[C@H](O)[C@@]3(O)[C@@H]1O)[C@H](C)C[C@]1(O)[C@H]2C1(C)C. The van der Waals surface area contributed by atoms with Gasteiger partial charge in [0.15, 0.2) is 11.5 Å². The highest BCUT2D eigenvalue weighted by Gasteiger charge is 2.81. The fourth-order valence-electron chi connectivity index (χ4n) is 7.81. The lowest BCUT2D eigenvalue weighted by atomic mass is 9.59. The molecule has 4 aliphatic carbocycles. The van der Waals surface area contributed by atoms with Gasteiger partial charge in [0.05, 0.1) is 16.7 Å². The highest BCUT2D eigenvalue weighted by Crippen LogP contribution is 2.73. The molecule has 0 amide bonds. The summed E-state index contributed by atoms with van der Waals surface area (Å²) in [4.78, 5) is 27.4. The summed E-state index contributed by atoms with van der Waals surface area (Å²) in [5, 5.41) is 50.4. The number of ketones is 1. The number of allylic oxidation sites excluding steroid dienone is 1. The van der Waals surface area contributed by atoms with E-state index in [2.05, 4.69) is 5.16 Å². The number of aromatic nitrogens is 1. The van der Waals surface area contributed by atoms with E-state index in [1.54, 1.807) is 26.0 Å². The van der Waals surface area contributed by atoms with E-state index < -0.39 is 64.6 Å². The molecule has 1 heterocycles. The van der Waals surface area contributed by atoms with Crippen molar-refractivity contribution in [2.24, 2.45) is 28.6 Å². The Hall–Kier alpha value is -2.33. The Labute approximate surface area is 216 Å². The van der Waals surface area contributed by atoms with Crippen molar-refractivity contribution < 1.29 is 39.3 Å². The zero-order valence-electron chi connectivity index (χ0n) is 22.2. The third-order valence-electron chi connectivity index (χ3n) is 9.98. The van der Waals surface area contributed by atoms with Gasteiger partial charge in [0.2, 0.25) is 0 Å². The van der Waals surface area contributed by atoms with Crippen molar-refractivity contribution in [2.75, 3.05) is 6.61 Å². The Kier molecular flexibility index (Phi) is 5.74. The number of aliphatic hydroxyl groups is 4. The van der Waals surface area contributed by atoms with Gasteiger partial charge in [0, 0.05) is 23.7 Å². The normalized spacial score (nSPS) is 41.7. The highest BCUT2D eigenvalue weighted by atomic mass is 16.5. The largest absolute Gasteiger partial charge is 0.457 e. The molecule has 4 aliphatic rings. The number of aryl methyl sites for hydroxylation is 2. The number of esters is 1. The number of carbonyl (C=O) groups excluding carboxylic acids is 2. The lowest BCUT2D eigenvalue weighted by molar-refractivity contribution is -0.191. The van der Waals surface area contributed by atoms with Crippen molar-refractivity contribution in [3.05, 3.63) is 40.3 Å². The van der Waals surface area contributed by atoms with E-state index in [-0.39, 0.29) is 23.3 Å². The van der Waals surface area contributed by atoms with Crippen molar-refractivity contribution in [3.8, 4) is 0 Å². The van der Waals surface area contributed by atoms with Gasteiger partial charge in [0.1, 0.15) is 30.0 Å². The standard InChI is InChI=1S/C28H37NO8/c1-7-17-19(18(8-2)37-29-17)24(33)36-12-15-9-16-20-25(5,6)27(20,34)11-14(4)26(23(16)32)10-13(3)21(30)28(26,35)22(15)31/h9-10,14,16,20-22,30-31,34-35H,7-8,11-12H2,1-6H3/t14-,16+,20-,21+,22-,26+,27+,28-/m1/s1. The van der Waals surface area contributed by atoms with Crippen LogP contribution in [0.4, 0.5) is 0 Å². The lowest BCUT2D eigenvalue weighted by Gasteiger charge is -2.48. The molecule has 9 nitrogen and oxygen atoms in total. The second-order valence-corrected chi connectivity index (χ2v) is 12.0. The van der Waals surface area contributed by atoms with E-state index in [9.17, 15) is 30.0 Å². The first-order chi connectivity index (χ1) is 17.2. The first-order valence-corrected chi connectivity index (χ1v) is 13.1. The molecule has 0 aromatic carbocycles. The fraction of sp³-hybridized carbons (Fsp3) is 0.679. The molecule has 2 saturated carbocycles. The van der Waals surface area contributed by atoms with Crippen LogP contribution >= 0.6 is 0 Å². The van der Waals surface area contributed by atoms with E-state index in [0.717, 1.165) is 0 Å². The number of ether oxygens (including phenoxy) is 1. The van der Waals surface area contributed by atoms with E-state index in [1.165, 1.54) is 0 Å². The second kappa shape index (κ2) is 8.09. The van der Waals surface area contributed by atoms with E-state index in [0.29, 0.717) is 29.9 Å². The van der Waals surface area contributed by atoms with Gasteiger partial charge in [-0.2, -0.15) is 0 Å². The monoisotopic (exact) mass is 515 g/mol. The summed E-state index contributed by atoms with van der Waals surface area (Å²) in [5.41, 5.74) is -4.42. The molecule has 5 rings (SSSR count). The molecule has 202 valence electrons.